The zero-order valence-corrected chi connectivity index (χ0v) is 91.3. The number of likely N-dealkylation sites (tertiary alicyclic amines) is 4. The molecule has 0 spiro atoms. The average Bonchev–Trinajstić information content (AvgIpc) is 1.62. The van der Waals surface area contributed by atoms with Crippen molar-refractivity contribution in [2.45, 2.75) is 289 Å². The number of halogens is 3. The summed E-state index contributed by atoms with van der Waals surface area (Å²) in [4.78, 5) is 156. The van der Waals surface area contributed by atoms with Crippen LogP contribution in [-0.2, 0) is 123 Å². The van der Waals surface area contributed by atoms with Gasteiger partial charge in [0.2, 0.25) is 41.2 Å². The zero-order chi connectivity index (χ0) is 109. The highest BCUT2D eigenvalue weighted by molar-refractivity contribution is 7.80. The molecule has 7 amide bonds. The molecule has 5 aromatic rings. The molecule has 18 atom stereocenters. The predicted octanol–water partition coefficient (Wildman–Crippen LogP) is 11.5. The summed E-state index contributed by atoms with van der Waals surface area (Å²) in [6.07, 6.45) is 17.8. The Morgan fingerprint density at radius 2 is 0.973 bits per heavy atom. The number of carbonyl (C=O) groups is 11. The van der Waals surface area contributed by atoms with E-state index >= 15 is 0 Å². The van der Waals surface area contributed by atoms with E-state index < -0.39 is 136 Å². The minimum Gasteiger partial charge on any atom is -0.476 e. The first-order chi connectivity index (χ1) is 70.1. The van der Waals surface area contributed by atoms with E-state index in [1.165, 1.54) is 44.9 Å². The number of benzene rings is 5. The number of carbonyl (C=O) groups excluding carboxylic acids is 11. The Labute approximate surface area is 890 Å². The normalized spacial score (nSPS) is 21.2. The molecule has 5 aromatic carbocycles. The van der Waals surface area contributed by atoms with Crippen molar-refractivity contribution in [1.29, 1.82) is 0 Å². The lowest BCUT2D eigenvalue weighted by Gasteiger charge is -2.39. The number of hydrazine groups is 1. The van der Waals surface area contributed by atoms with Gasteiger partial charge in [0.1, 0.15) is 67.7 Å². The number of amides is 7. The van der Waals surface area contributed by atoms with Gasteiger partial charge in [0.25, 0.3) is 11.8 Å². The van der Waals surface area contributed by atoms with Gasteiger partial charge in [-0.05, 0) is 212 Å². The Bertz CT molecular complexity index is 5500. The van der Waals surface area contributed by atoms with Crippen LogP contribution >= 0.6 is 47.0 Å². The maximum Gasteiger partial charge on any atom is 0.339 e. The van der Waals surface area contributed by atoms with Crippen molar-refractivity contribution in [1.82, 2.24) is 51.3 Å². The average molecular weight is 2130 g/mol. The number of nitrogens with two attached hydrogens (primary N) is 2. The Hall–Kier alpha value is -11.5. The Balaban J connectivity index is 0.000000242. The highest BCUT2D eigenvalue weighted by atomic mass is 35.5. The van der Waals surface area contributed by atoms with Gasteiger partial charge in [0, 0.05) is 84.8 Å². The van der Waals surface area contributed by atoms with E-state index in [-0.39, 0.29) is 99.7 Å². The summed E-state index contributed by atoms with van der Waals surface area (Å²) in [6, 6.07) is 36.2. The molecule has 6 aliphatic heterocycles. The number of thiocarbonyl (C=S) groups is 1. The van der Waals surface area contributed by atoms with Crippen LogP contribution < -0.4 is 38.2 Å². The monoisotopic (exact) mass is 2130 g/mol. The van der Waals surface area contributed by atoms with Crippen molar-refractivity contribution >= 4 is 129 Å². The van der Waals surface area contributed by atoms with Crippen LogP contribution in [-0.4, -0.2) is 294 Å². The number of aliphatic hydroxyl groups excluding tert-OH is 1. The summed E-state index contributed by atoms with van der Waals surface area (Å²) in [5.74, 6) is -1.39. The highest BCUT2D eigenvalue weighted by Gasteiger charge is 2.52. The molecule has 2 unspecified atom stereocenters. The number of ether oxygens (including phenoxy) is 9. The number of hydrogen-bond donors (Lipinski definition) is 8. The molecule has 808 valence electrons. The summed E-state index contributed by atoms with van der Waals surface area (Å²) in [7, 11) is 5.82. The molecule has 4 saturated heterocycles. The maximum absolute atomic E-state index is 14.0. The van der Waals surface area contributed by atoms with E-state index in [0.717, 1.165) is 60.0 Å². The lowest BCUT2D eigenvalue weighted by molar-refractivity contribution is -0.171. The fourth-order valence-electron chi connectivity index (χ4n) is 17.5. The molecule has 0 saturated carbocycles. The van der Waals surface area contributed by atoms with Gasteiger partial charge in [0.15, 0.2) is 5.54 Å². The van der Waals surface area contributed by atoms with Gasteiger partial charge >= 0.3 is 35.9 Å². The summed E-state index contributed by atoms with van der Waals surface area (Å²) in [5, 5.41) is 24.6. The third kappa shape index (κ3) is 35.6. The fourth-order valence-corrected chi connectivity index (χ4v) is 18.6. The molecule has 39 heteroatoms. The third-order valence-electron chi connectivity index (χ3n) is 26.1. The summed E-state index contributed by atoms with van der Waals surface area (Å²) in [6.45, 7) is 27.2. The standard InChI is InChI=1S/C32H42ClN3O4S.C31H38ClN3O7.C26H39ClN4O4.C20H30N4O6/c1-22(34)30(38)35-29(23(2)39-20-25-10-6-5-7-11-25)31(41)36-17-9-14-28(36)15-16-32(4,21-40-24(3)37)19-26-12-8-13-27(33)18-26;1-20(33-3)29(37)42-26(21(2)40-18-22-10-6-5-7-11-22)28(36)35-15-9-14-25(35)27-34-31(19-41-27,30(38)39-4)17-23-12-8-13-24(32)16-23;1-18(28)23(33)29-31(25(3,4)5)24(34)30-14-8-11-22(30)12-13-26(6,17-35-19(2)32)16-20-9-7-10-21(27)15-20;1-6-9-20(19(28)29-5)11-30-17(23-20)14-8-7-10-24(14)18(27)15(13(3)25)22-16(26)12(2)21-4/h5-8,10-13,15-16,18,22-23,28-29H,9,14,17,19-21,34H2,1-4H3,(H,35,38);5-8,10-13,16,20-21,25-26,33H,9,14-15,17-19H2,1-4H3;7,9-10,12-13,15,18,22H,8,11,14,16-17,28H2,1-6H3,(H,29,33);1,12-15,21,25H,7-11H2,2-5H3,(H,22,26)/b16-15+;;13-12+;/t22-,23?,28-,29-,32-;20-,21+,25-,26-,31+;18-,22-,26-;12-,13?,14-,15-,20+/m0000/s1. The number of methoxy groups -OCH3 is 2. The molecule has 0 aromatic heterocycles. The minimum absolute atomic E-state index is 0.0120. The van der Waals surface area contributed by atoms with Crippen molar-refractivity contribution in [2.75, 3.05) is 80.9 Å². The number of likely N-dealkylation sites (N-methyl/N-ethyl adjacent to an activating group) is 2. The molecular formula is C109H149Cl3N14O21S. The first-order valence-electron chi connectivity index (χ1n) is 50.0. The Morgan fingerprint density at radius 1 is 0.554 bits per heavy atom. The highest BCUT2D eigenvalue weighted by Crippen LogP contribution is 2.37. The van der Waals surface area contributed by atoms with Gasteiger partial charge in [-0.15, -0.1) is 12.3 Å². The third-order valence-corrected chi connectivity index (χ3v) is 27.3. The molecule has 10 N–H and O–H groups in total. The Kier molecular flexibility index (Phi) is 47.3. The van der Waals surface area contributed by atoms with Gasteiger partial charge in [-0.3, -0.25) is 43.8 Å². The molecular weight excluding hydrogens is 1980 g/mol. The molecule has 0 radical (unpaired) electrons. The molecule has 4 fully saturated rings. The van der Waals surface area contributed by atoms with Gasteiger partial charge < -0.3 is 100 Å². The van der Waals surface area contributed by atoms with E-state index in [9.17, 15) is 57.8 Å². The number of esters is 5. The largest absolute Gasteiger partial charge is 0.476 e. The van der Waals surface area contributed by atoms with E-state index in [4.69, 9.17) is 113 Å². The van der Waals surface area contributed by atoms with E-state index in [1.807, 2.05) is 162 Å². The van der Waals surface area contributed by atoms with Crippen LogP contribution in [0.2, 0.25) is 15.1 Å². The molecule has 35 nitrogen and oxygen atoms in total. The second-order valence-corrected chi connectivity index (χ2v) is 41.6. The molecule has 148 heavy (non-hydrogen) atoms. The minimum atomic E-state index is -1.32. The second kappa shape index (κ2) is 57.5. The van der Waals surface area contributed by atoms with Crippen LogP contribution in [0.4, 0.5) is 4.79 Å². The van der Waals surface area contributed by atoms with Crippen molar-refractivity contribution in [3.63, 3.8) is 0 Å². The molecule has 6 aliphatic rings. The van der Waals surface area contributed by atoms with E-state index in [2.05, 4.69) is 61.6 Å². The number of terminal acetylenes is 1. The number of urea groups is 1. The predicted molar refractivity (Wildman–Crippen MR) is 571 cm³/mol. The van der Waals surface area contributed by atoms with Crippen molar-refractivity contribution < 1.29 is 100 Å². The fraction of sp³-hybridized carbons (Fsp3) is 0.541. The van der Waals surface area contributed by atoms with E-state index in [0.29, 0.717) is 84.8 Å². The molecule has 0 aliphatic carbocycles. The van der Waals surface area contributed by atoms with Crippen LogP contribution in [0.15, 0.2) is 168 Å². The summed E-state index contributed by atoms with van der Waals surface area (Å²) < 4.78 is 50.4. The van der Waals surface area contributed by atoms with Crippen molar-refractivity contribution in [3.05, 3.63) is 201 Å². The number of hydrogen-bond acceptors (Lipinski definition) is 28. The number of nitrogens with one attached hydrogen (secondary N) is 5. The number of rotatable bonds is 40. The lowest BCUT2D eigenvalue weighted by atomic mass is 9.83. The van der Waals surface area contributed by atoms with Crippen LogP contribution in [0.5, 0.6) is 0 Å². The van der Waals surface area contributed by atoms with Crippen LogP contribution in [0.1, 0.15) is 183 Å². The first kappa shape index (κ1) is 122. The molecule has 11 rings (SSSR count). The van der Waals surface area contributed by atoms with Crippen LogP contribution in [0.3, 0.4) is 0 Å². The summed E-state index contributed by atoms with van der Waals surface area (Å²) in [5.41, 5.74) is 14.9. The zero-order valence-electron chi connectivity index (χ0n) is 88.2. The van der Waals surface area contributed by atoms with Crippen molar-refractivity contribution in [3.8, 4) is 12.3 Å². The number of aliphatic imine (C=N–C) groups is 2. The van der Waals surface area contributed by atoms with E-state index in [1.54, 1.807) is 76.7 Å². The quantitative estimate of drug-likeness (QED) is 0.00451. The SMILES string of the molecule is C#CC[C@]1(C(=O)OC)COC([C@@H]2CCCN2C(=O)[C@@H](NC(=O)[C@H](C)NC)C(C)O)=N1.CC(=O)OC[C@@](C)(/C=C/[C@@H]1CCCN1C(=O)N(NC(=O)[C@H](C)N)C(C)(C)C)Cc1cccc(Cl)c1.CC(=O)OC[C@@](C)(/C=C/[C@@H]1CCCN1C(=S)[C@@H](NC(=O)[C@H](C)N)C(C)OCc1ccccc1)Cc1cccc(Cl)c1.CN[C@@H](C)C(=O)O[C@H](C(=O)N1CCC[C@H]1C1=N[C@@](Cc2cccc(Cl)c2)(C(=O)OC)CO1)[C@@H](C)OCc1ccccc1. The maximum atomic E-state index is 14.0. The summed E-state index contributed by atoms with van der Waals surface area (Å²) >= 11 is 24.6. The number of nitrogens with zero attached hydrogens (tertiary/aromatic N) is 7. The lowest BCUT2D eigenvalue weighted by Crippen LogP contribution is -2.62. The molecule has 6 heterocycles. The van der Waals surface area contributed by atoms with Gasteiger partial charge in [0.05, 0.1) is 69.3 Å². The second-order valence-electron chi connectivity index (χ2n) is 39.9. The molecule has 0 bridgehead atoms. The van der Waals surface area contributed by atoms with Crippen LogP contribution in [0.25, 0.3) is 0 Å². The topological polar surface area (TPSA) is 444 Å². The smallest absolute Gasteiger partial charge is 0.339 e. The van der Waals surface area contributed by atoms with Gasteiger partial charge in [-0.1, -0.05) is 182 Å². The van der Waals surface area contributed by atoms with Gasteiger partial charge in [-0.25, -0.2) is 29.4 Å². The first-order valence-corrected chi connectivity index (χ1v) is 51.5. The van der Waals surface area contributed by atoms with Gasteiger partial charge in [-0.2, -0.15) is 0 Å². The number of aliphatic hydroxyl groups is 1. The Morgan fingerprint density at radius 3 is 1.43 bits per heavy atom. The van der Waals surface area contributed by atoms with Crippen molar-refractivity contribution in [2.24, 2.45) is 32.3 Å². The van der Waals surface area contributed by atoms with Crippen LogP contribution in [0, 0.1) is 23.2 Å².